The van der Waals surface area contributed by atoms with Crippen molar-refractivity contribution < 1.29 is 22.4 Å². The van der Waals surface area contributed by atoms with E-state index in [0.29, 0.717) is 16.3 Å². The van der Waals surface area contributed by atoms with Gasteiger partial charge in [0.05, 0.1) is 23.3 Å². The molecule has 4 nitrogen and oxygen atoms in total. The van der Waals surface area contributed by atoms with Crippen molar-refractivity contribution in [2.75, 3.05) is 4.90 Å². The quantitative estimate of drug-likeness (QED) is 0.737. The maximum absolute atomic E-state index is 13.0. The van der Waals surface area contributed by atoms with Gasteiger partial charge in [-0.3, -0.25) is 9.69 Å². The van der Waals surface area contributed by atoms with Crippen molar-refractivity contribution in [2.24, 2.45) is 0 Å². The molecule has 0 fully saturated rings. The Kier molecular flexibility index (Phi) is 4.96. The van der Waals surface area contributed by atoms with E-state index in [1.54, 1.807) is 6.92 Å². The zero-order valence-corrected chi connectivity index (χ0v) is 13.4. The molecule has 2 aromatic rings. The number of anilines is 1. The number of halogens is 4. The first kappa shape index (κ1) is 18.0. The number of benzene rings is 1. The molecule has 0 N–H and O–H groups in total. The van der Waals surface area contributed by atoms with Crippen molar-refractivity contribution in [1.29, 1.82) is 0 Å². The van der Waals surface area contributed by atoms with Crippen molar-refractivity contribution in [2.45, 2.75) is 39.4 Å². The lowest BCUT2D eigenvalue weighted by molar-refractivity contribution is -0.170. The van der Waals surface area contributed by atoms with Crippen LogP contribution in [0.4, 0.5) is 23.2 Å². The van der Waals surface area contributed by atoms with E-state index in [9.17, 15) is 22.4 Å². The Morgan fingerprint density at radius 1 is 1.21 bits per heavy atom. The van der Waals surface area contributed by atoms with E-state index in [-0.39, 0.29) is 12.1 Å². The second kappa shape index (κ2) is 6.62. The molecular weight excluding hydrogens is 326 g/mol. The normalized spacial score (nSPS) is 16.5. The summed E-state index contributed by atoms with van der Waals surface area (Å²) in [7, 11) is 0. The summed E-state index contributed by atoms with van der Waals surface area (Å²) < 4.78 is 52.4. The first-order chi connectivity index (χ1) is 11.3. The molecule has 1 aliphatic rings. The number of nitrogens with zero attached hydrogens (tertiary/aromatic N) is 3. The molecule has 1 atom stereocenters. The van der Waals surface area contributed by atoms with Crippen LogP contribution in [0.15, 0.2) is 30.5 Å². The fourth-order valence-corrected chi connectivity index (χ4v) is 2.62. The maximum Gasteiger partial charge on any atom is 0.471 e. The van der Waals surface area contributed by atoms with Crippen LogP contribution in [-0.4, -0.2) is 27.9 Å². The zero-order chi connectivity index (χ0) is 18.1. The minimum atomic E-state index is -4.94. The number of fused-ring (bicyclic) bond motifs is 1. The van der Waals surface area contributed by atoms with Gasteiger partial charge in [-0.2, -0.15) is 18.3 Å². The van der Waals surface area contributed by atoms with Gasteiger partial charge in [-0.05, 0) is 31.2 Å². The number of rotatable bonds is 1. The number of hydrogen-bond donors (Lipinski definition) is 0. The number of aromatic nitrogens is 2. The second-order valence-electron chi connectivity index (χ2n) is 5.09. The largest absolute Gasteiger partial charge is 0.471 e. The van der Waals surface area contributed by atoms with Crippen LogP contribution in [0.3, 0.4) is 0 Å². The first-order valence-corrected chi connectivity index (χ1v) is 7.52. The van der Waals surface area contributed by atoms with Crippen LogP contribution in [0.1, 0.15) is 26.5 Å². The lowest BCUT2D eigenvalue weighted by Crippen LogP contribution is -2.44. The average Bonchev–Trinajstić information content (AvgIpc) is 3.06. The summed E-state index contributed by atoms with van der Waals surface area (Å²) in [4.78, 5) is 12.3. The third-order valence-corrected chi connectivity index (χ3v) is 3.57. The number of alkyl halides is 3. The molecule has 8 heteroatoms. The summed E-state index contributed by atoms with van der Waals surface area (Å²) in [6.07, 6.45) is -3.46. The Bertz CT molecular complexity index is 722. The summed E-state index contributed by atoms with van der Waals surface area (Å²) >= 11 is 0. The summed E-state index contributed by atoms with van der Waals surface area (Å²) in [6.45, 7) is 5.54. The van der Waals surface area contributed by atoms with Crippen LogP contribution in [0.2, 0.25) is 0 Å². The molecular formula is C16H17F4N3O. The van der Waals surface area contributed by atoms with Crippen molar-refractivity contribution in [3.63, 3.8) is 0 Å². The van der Waals surface area contributed by atoms with Gasteiger partial charge in [-0.1, -0.05) is 13.8 Å². The Hall–Kier alpha value is -2.38. The van der Waals surface area contributed by atoms with E-state index in [2.05, 4.69) is 5.10 Å². The van der Waals surface area contributed by atoms with Crippen molar-refractivity contribution in [3.05, 3.63) is 42.0 Å². The highest BCUT2D eigenvalue weighted by Gasteiger charge is 2.48. The minimum absolute atomic E-state index is 0.138. The summed E-state index contributed by atoms with van der Waals surface area (Å²) in [6, 6.07) is 4.80. The standard InChI is InChI=1S/C14H11F4N3O.C2H6/c1-8-6-11-12(20(8)13(22)14(16,17)18)7-19-21(11)10-4-2-9(15)3-5-10;1-2/h2-5,7-8H,6H2,1H3;1-2H3. The average molecular weight is 343 g/mol. The second-order valence-corrected chi connectivity index (χ2v) is 5.09. The fraction of sp³-hybridized carbons (Fsp3) is 0.375. The summed E-state index contributed by atoms with van der Waals surface area (Å²) in [5, 5.41) is 4.02. The molecule has 0 aliphatic carbocycles. The molecule has 3 rings (SSSR count). The van der Waals surface area contributed by atoms with Crippen molar-refractivity contribution >= 4 is 11.6 Å². The number of amides is 1. The first-order valence-electron chi connectivity index (χ1n) is 7.52. The lowest BCUT2D eigenvalue weighted by atomic mass is 10.2. The van der Waals surface area contributed by atoms with Gasteiger partial charge in [-0.15, -0.1) is 0 Å². The third-order valence-electron chi connectivity index (χ3n) is 3.57. The summed E-state index contributed by atoms with van der Waals surface area (Å²) in [5.74, 6) is -2.33. The highest BCUT2D eigenvalue weighted by molar-refractivity contribution is 5.99. The third kappa shape index (κ3) is 3.13. The highest BCUT2D eigenvalue weighted by atomic mass is 19.4. The van der Waals surface area contributed by atoms with Crippen LogP contribution in [0.25, 0.3) is 5.69 Å². The van der Waals surface area contributed by atoms with Gasteiger partial charge in [0.15, 0.2) is 0 Å². The SMILES string of the molecule is CC.CC1Cc2c(cnn2-c2ccc(F)cc2)N1C(=O)C(F)(F)F. The Labute approximate surface area is 136 Å². The fourth-order valence-electron chi connectivity index (χ4n) is 2.62. The molecule has 1 aromatic heterocycles. The molecule has 2 heterocycles. The van der Waals surface area contributed by atoms with Crippen LogP contribution >= 0.6 is 0 Å². The monoisotopic (exact) mass is 343 g/mol. The predicted molar refractivity (Wildman–Crippen MR) is 81.6 cm³/mol. The smallest absolute Gasteiger partial charge is 0.298 e. The molecule has 0 saturated heterocycles. The van der Waals surface area contributed by atoms with E-state index >= 15 is 0 Å². The Balaban J connectivity index is 0.00000100. The van der Waals surface area contributed by atoms with E-state index in [4.69, 9.17) is 0 Å². The van der Waals surface area contributed by atoms with Gasteiger partial charge in [-0.25, -0.2) is 9.07 Å². The molecule has 1 aliphatic heterocycles. The van der Waals surface area contributed by atoms with Crippen molar-refractivity contribution in [1.82, 2.24) is 9.78 Å². The van der Waals surface area contributed by atoms with Crippen LogP contribution in [-0.2, 0) is 11.2 Å². The van der Waals surface area contributed by atoms with E-state index in [0.717, 1.165) is 0 Å². The summed E-state index contributed by atoms with van der Waals surface area (Å²) in [5.41, 5.74) is 1.16. The highest BCUT2D eigenvalue weighted by Crippen LogP contribution is 2.36. The molecule has 0 radical (unpaired) electrons. The lowest BCUT2D eigenvalue weighted by Gasteiger charge is -2.22. The predicted octanol–water partition coefficient (Wildman–Crippen LogP) is 3.88. The van der Waals surface area contributed by atoms with E-state index < -0.39 is 23.9 Å². The molecule has 1 amide bonds. The molecule has 0 saturated carbocycles. The molecule has 130 valence electrons. The van der Waals surface area contributed by atoms with Crippen LogP contribution in [0.5, 0.6) is 0 Å². The van der Waals surface area contributed by atoms with E-state index in [1.165, 1.54) is 35.1 Å². The molecule has 1 unspecified atom stereocenters. The van der Waals surface area contributed by atoms with Gasteiger partial charge >= 0.3 is 12.1 Å². The Morgan fingerprint density at radius 3 is 2.33 bits per heavy atom. The number of carbonyl (C=O) groups excluding carboxylic acids is 1. The molecule has 24 heavy (non-hydrogen) atoms. The molecule has 0 spiro atoms. The number of carbonyl (C=O) groups is 1. The molecule has 1 aromatic carbocycles. The topological polar surface area (TPSA) is 38.1 Å². The zero-order valence-electron chi connectivity index (χ0n) is 13.4. The Morgan fingerprint density at radius 2 is 1.79 bits per heavy atom. The van der Waals surface area contributed by atoms with Gasteiger partial charge in [0, 0.05) is 12.5 Å². The van der Waals surface area contributed by atoms with Gasteiger partial charge < -0.3 is 0 Å². The number of hydrogen-bond acceptors (Lipinski definition) is 2. The van der Waals surface area contributed by atoms with Gasteiger partial charge in [0.1, 0.15) is 5.82 Å². The van der Waals surface area contributed by atoms with Crippen molar-refractivity contribution in [3.8, 4) is 5.69 Å². The van der Waals surface area contributed by atoms with Gasteiger partial charge in [0.25, 0.3) is 0 Å². The molecule has 0 bridgehead atoms. The maximum atomic E-state index is 13.0. The van der Waals surface area contributed by atoms with Crippen LogP contribution < -0.4 is 4.90 Å². The van der Waals surface area contributed by atoms with Gasteiger partial charge in [0.2, 0.25) is 0 Å². The van der Waals surface area contributed by atoms with E-state index in [1.807, 2.05) is 13.8 Å². The minimum Gasteiger partial charge on any atom is -0.298 e. The van der Waals surface area contributed by atoms with Crippen LogP contribution in [0, 0.1) is 5.82 Å².